The third kappa shape index (κ3) is 4.04. The number of hydrogen-bond acceptors (Lipinski definition) is 4. The van der Waals surface area contributed by atoms with Gasteiger partial charge in [-0.1, -0.05) is 0 Å². The van der Waals surface area contributed by atoms with Crippen LogP contribution in [0.25, 0.3) is 0 Å². The van der Waals surface area contributed by atoms with E-state index in [9.17, 15) is 9.59 Å². The number of imidazole rings is 1. The first kappa shape index (κ1) is 18.0. The van der Waals surface area contributed by atoms with E-state index in [1.165, 1.54) is 0 Å². The molecule has 0 saturated carbocycles. The number of methoxy groups -OCH3 is 1. The summed E-state index contributed by atoms with van der Waals surface area (Å²) in [6.07, 6.45) is 5.74. The van der Waals surface area contributed by atoms with E-state index in [0.29, 0.717) is 38.2 Å². The summed E-state index contributed by atoms with van der Waals surface area (Å²) in [7, 11) is 1.60. The molecule has 138 valence electrons. The molecule has 1 atom stereocenters. The van der Waals surface area contributed by atoms with E-state index in [2.05, 4.69) is 4.98 Å². The molecule has 0 spiro atoms. The summed E-state index contributed by atoms with van der Waals surface area (Å²) in [6, 6.07) is 7.18. The molecular weight excluding hydrogens is 332 g/mol. The summed E-state index contributed by atoms with van der Waals surface area (Å²) in [5.74, 6) is 0.832. The Kier molecular flexibility index (Phi) is 5.55. The van der Waals surface area contributed by atoms with Gasteiger partial charge in [0.05, 0.1) is 13.4 Å². The van der Waals surface area contributed by atoms with Crippen molar-refractivity contribution in [2.24, 2.45) is 0 Å². The third-order valence-electron chi connectivity index (χ3n) is 4.76. The number of ether oxygens (including phenoxy) is 1. The smallest absolute Gasteiger partial charge is 0.253 e. The molecule has 1 aromatic carbocycles. The van der Waals surface area contributed by atoms with E-state index in [-0.39, 0.29) is 17.9 Å². The van der Waals surface area contributed by atoms with Crippen molar-refractivity contribution in [3.05, 3.63) is 48.5 Å². The molecule has 1 saturated heterocycles. The average molecular weight is 356 g/mol. The minimum absolute atomic E-state index is 0.00784. The predicted octanol–water partition coefficient (Wildman–Crippen LogP) is 1.83. The standard InChI is InChI=1S/C19H24N4O3/c1-15(23-8-7-20-14-23)13-18(24)21-9-11-22(12-10-21)19(25)16-3-5-17(26-2)6-4-16/h3-8,14-15H,9-13H2,1-2H3/t15-/m1/s1. The van der Waals surface area contributed by atoms with Crippen molar-refractivity contribution >= 4 is 11.8 Å². The van der Waals surface area contributed by atoms with Crippen molar-refractivity contribution in [2.45, 2.75) is 19.4 Å². The highest BCUT2D eigenvalue weighted by molar-refractivity contribution is 5.94. The number of rotatable bonds is 5. The van der Waals surface area contributed by atoms with Gasteiger partial charge in [-0.25, -0.2) is 4.98 Å². The van der Waals surface area contributed by atoms with Crippen LogP contribution in [0.5, 0.6) is 5.75 Å². The van der Waals surface area contributed by atoms with Crippen LogP contribution in [0, 0.1) is 0 Å². The second-order valence-electron chi connectivity index (χ2n) is 6.46. The highest BCUT2D eigenvalue weighted by Gasteiger charge is 2.25. The van der Waals surface area contributed by atoms with Crippen molar-refractivity contribution in [1.82, 2.24) is 19.4 Å². The lowest BCUT2D eigenvalue weighted by Gasteiger charge is -2.35. The molecule has 0 N–H and O–H groups in total. The topological polar surface area (TPSA) is 67.7 Å². The number of nitrogens with zero attached hydrogens (tertiary/aromatic N) is 4. The molecule has 1 fully saturated rings. The molecule has 2 amide bonds. The molecule has 7 nitrogen and oxygen atoms in total. The fourth-order valence-corrected chi connectivity index (χ4v) is 3.09. The zero-order chi connectivity index (χ0) is 18.5. The van der Waals surface area contributed by atoms with Gasteiger partial charge in [-0.05, 0) is 31.2 Å². The molecule has 1 aliphatic heterocycles. The molecule has 3 rings (SSSR count). The van der Waals surface area contributed by atoms with Crippen LogP contribution in [0.4, 0.5) is 0 Å². The lowest BCUT2D eigenvalue weighted by atomic mass is 10.1. The van der Waals surface area contributed by atoms with Gasteiger partial charge in [0.25, 0.3) is 5.91 Å². The van der Waals surface area contributed by atoms with Crippen LogP contribution in [0.1, 0.15) is 29.7 Å². The van der Waals surface area contributed by atoms with E-state index in [4.69, 9.17) is 4.74 Å². The second-order valence-corrected chi connectivity index (χ2v) is 6.46. The summed E-state index contributed by atoms with van der Waals surface area (Å²) in [5, 5.41) is 0. The first-order chi connectivity index (χ1) is 12.6. The molecule has 1 aromatic heterocycles. The van der Waals surface area contributed by atoms with Gasteiger partial charge in [0.15, 0.2) is 0 Å². The Bertz CT molecular complexity index is 735. The summed E-state index contributed by atoms with van der Waals surface area (Å²) in [5.41, 5.74) is 0.638. The van der Waals surface area contributed by atoms with Crippen molar-refractivity contribution in [3.8, 4) is 5.75 Å². The van der Waals surface area contributed by atoms with E-state index < -0.39 is 0 Å². The van der Waals surface area contributed by atoms with E-state index in [1.54, 1.807) is 48.8 Å². The zero-order valence-electron chi connectivity index (χ0n) is 15.2. The fourth-order valence-electron chi connectivity index (χ4n) is 3.09. The number of carbonyl (C=O) groups excluding carboxylic acids is 2. The van der Waals surface area contributed by atoms with Gasteiger partial charge in [-0.3, -0.25) is 9.59 Å². The molecule has 0 radical (unpaired) electrons. The fraction of sp³-hybridized carbons (Fsp3) is 0.421. The predicted molar refractivity (Wildman–Crippen MR) is 97.0 cm³/mol. The minimum Gasteiger partial charge on any atom is -0.497 e. The van der Waals surface area contributed by atoms with Crippen LogP contribution < -0.4 is 4.74 Å². The Labute approximate surface area is 153 Å². The average Bonchev–Trinajstić information content (AvgIpc) is 3.22. The van der Waals surface area contributed by atoms with Gasteiger partial charge in [0.1, 0.15) is 5.75 Å². The molecule has 0 bridgehead atoms. The monoisotopic (exact) mass is 356 g/mol. The number of amides is 2. The number of carbonyl (C=O) groups is 2. The Morgan fingerprint density at radius 1 is 1.12 bits per heavy atom. The maximum Gasteiger partial charge on any atom is 0.253 e. The molecular formula is C19H24N4O3. The van der Waals surface area contributed by atoms with Gasteiger partial charge in [-0.2, -0.15) is 0 Å². The van der Waals surface area contributed by atoms with Crippen LogP contribution >= 0.6 is 0 Å². The summed E-state index contributed by atoms with van der Waals surface area (Å²) in [6.45, 7) is 4.24. The number of benzene rings is 1. The molecule has 1 aliphatic rings. The highest BCUT2D eigenvalue weighted by atomic mass is 16.5. The van der Waals surface area contributed by atoms with Crippen LogP contribution in [0.15, 0.2) is 43.0 Å². The second kappa shape index (κ2) is 8.03. The van der Waals surface area contributed by atoms with E-state index >= 15 is 0 Å². The molecule has 0 unspecified atom stereocenters. The summed E-state index contributed by atoms with van der Waals surface area (Å²) >= 11 is 0. The number of piperazine rings is 1. The quantitative estimate of drug-likeness (QED) is 0.820. The normalized spacial score (nSPS) is 15.6. The van der Waals surface area contributed by atoms with Gasteiger partial charge in [0, 0.05) is 56.6 Å². The van der Waals surface area contributed by atoms with Gasteiger partial charge >= 0.3 is 0 Å². The van der Waals surface area contributed by atoms with Gasteiger partial charge < -0.3 is 19.1 Å². The molecule has 7 heteroatoms. The maximum absolute atomic E-state index is 12.6. The zero-order valence-corrected chi connectivity index (χ0v) is 15.2. The van der Waals surface area contributed by atoms with E-state index in [1.807, 2.05) is 22.6 Å². The first-order valence-corrected chi connectivity index (χ1v) is 8.77. The highest BCUT2D eigenvalue weighted by Crippen LogP contribution is 2.16. The number of hydrogen-bond donors (Lipinski definition) is 0. The maximum atomic E-state index is 12.6. The van der Waals surface area contributed by atoms with Gasteiger partial charge in [0.2, 0.25) is 5.91 Å². The van der Waals surface area contributed by atoms with Crippen molar-refractivity contribution < 1.29 is 14.3 Å². The van der Waals surface area contributed by atoms with Crippen LogP contribution in [0.2, 0.25) is 0 Å². The van der Waals surface area contributed by atoms with Crippen LogP contribution in [-0.4, -0.2) is 64.5 Å². The Balaban J connectivity index is 1.51. The third-order valence-corrected chi connectivity index (χ3v) is 4.76. The van der Waals surface area contributed by atoms with Crippen molar-refractivity contribution in [3.63, 3.8) is 0 Å². The van der Waals surface area contributed by atoms with E-state index in [0.717, 1.165) is 5.75 Å². The molecule has 2 aromatic rings. The summed E-state index contributed by atoms with van der Waals surface area (Å²) < 4.78 is 7.05. The summed E-state index contributed by atoms with van der Waals surface area (Å²) in [4.78, 5) is 32.7. The molecule has 2 heterocycles. The molecule has 26 heavy (non-hydrogen) atoms. The Morgan fingerprint density at radius 2 is 1.77 bits per heavy atom. The Morgan fingerprint density at radius 3 is 2.35 bits per heavy atom. The minimum atomic E-state index is -0.00784. The van der Waals surface area contributed by atoms with Gasteiger partial charge in [-0.15, -0.1) is 0 Å². The number of aromatic nitrogens is 2. The molecule has 0 aliphatic carbocycles. The SMILES string of the molecule is COc1ccc(C(=O)N2CCN(C(=O)C[C@@H](C)n3ccnc3)CC2)cc1. The Hall–Kier alpha value is -2.83. The van der Waals surface area contributed by atoms with Crippen LogP contribution in [-0.2, 0) is 4.79 Å². The van der Waals surface area contributed by atoms with Crippen molar-refractivity contribution in [1.29, 1.82) is 0 Å². The lowest BCUT2D eigenvalue weighted by Crippen LogP contribution is -2.50. The lowest BCUT2D eigenvalue weighted by molar-refractivity contribution is -0.133. The van der Waals surface area contributed by atoms with Crippen LogP contribution in [0.3, 0.4) is 0 Å². The van der Waals surface area contributed by atoms with Crippen molar-refractivity contribution in [2.75, 3.05) is 33.3 Å². The first-order valence-electron chi connectivity index (χ1n) is 8.77. The largest absolute Gasteiger partial charge is 0.497 e.